The summed E-state index contributed by atoms with van der Waals surface area (Å²) in [5.74, 6) is -0.0105. The van der Waals surface area contributed by atoms with Gasteiger partial charge in [0.05, 0.1) is 4.92 Å². The predicted octanol–water partition coefficient (Wildman–Crippen LogP) is 5.04. The summed E-state index contributed by atoms with van der Waals surface area (Å²) in [6.45, 7) is 6.48. The van der Waals surface area contributed by atoms with Crippen LogP contribution in [0.3, 0.4) is 0 Å². The Labute approximate surface area is 208 Å². The van der Waals surface area contributed by atoms with Crippen LogP contribution in [0.4, 0.5) is 10.5 Å². The van der Waals surface area contributed by atoms with Gasteiger partial charge >= 0.3 is 6.03 Å². The van der Waals surface area contributed by atoms with Crippen LogP contribution >= 0.6 is 0 Å². The van der Waals surface area contributed by atoms with Crippen LogP contribution < -0.4 is 14.8 Å². The van der Waals surface area contributed by atoms with Crippen molar-refractivity contribution in [2.24, 2.45) is 0 Å². The van der Waals surface area contributed by atoms with E-state index >= 15 is 0 Å². The number of carbonyl (C=O) groups is 2. The zero-order chi connectivity index (χ0) is 26.7. The van der Waals surface area contributed by atoms with Crippen molar-refractivity contribution in [1.29, 1.82) is 0 Å². The SMILES string of the molecule is CC(=O)c1ccc(-c2cccc(Oc3ccc([N+](=O)[O-])cc3S(=O)(=O)NC(=O)NC(C)(C)C)c2)cc1. The van der Waals surface area contributed by atoms with Crippen molar-refractivity contribution >= 4 is 27.5 Å². The van der Waals surface area contributed by atoms with E-state index in [1.807, 2.05) is 10.8 Å². The number of hydrogen-bond acceptors (Lipinski definition) is 7. The predicted molar refractivity (Wildman–Crippen MR) is 134 cm³/mol. The number of hydrogen-bond donors (Lipinski definition) is 2. The number of urea groups is 1. The topological polar surface area (TPSA) is 145 Å². The standard InChI is InChI=1S/C25H25N3O7S/c1-16(29)17-8-10-18(11-9-17)19-6-5-7-21(14-19)35-22-13-12-20(28(31)32)15-23(22)36(33,34)27-24(30)26-25(2,3)4/h5-15H,1-4H3,(H2,26,27,30). The Morgan fingerprint density at radius 1 is 0.944 bits per heavy atom. The minimum atomic E-state index is -4.54. The van der Waals surface area contributed by atoms with Gasteiger partial charge in [0.1, 0.15) is 16.4 Å². The molecule has 0 aliphatic heterocycles. The van der Waals surface area contributed by atoms with Gasteiger partial charge in [-0.05, 0) is 57.0 Å². The zero-order valence-corrected chi connectivity index (χ0v) is 20.9. The van der Waals surface area contributed by atoms with Crippen LogP contribution in [-0.2, 0) is 10.0 Å². The number of non-ortho nitro benzene ring substituents is 1. The molecule has 11 heteroatoms. The van der Waals surface area contributed by atoms with E-state index < -0.39 is 37.1 Å². The highest BCUT2D eigenvalue weighted by Gasteiger charge is 2.27. The second kappa shape index (κ2) is 10.2. The summed E-state index contributed by atoms with van der Waals surface area (Å²) in [6.07, 6.45) is 0. The van der Waals surface area contributed by atoms with Crippen molar-refractivity contribution in [3.05, 3.63) is 82.4 Å². The second-order valence-corrected chi connectivity index (χ2v) is 10.6. The number of nitro groups is 1. The average Bonchev–Trinajstić information content (AvgIpc) is 2.77. The Morgan fingerprint density at radius 2 is 1.61 bits per heavy atom. The number of nitrogens with zero attached hydrogens (tertiary/aromatic N) is 1. The fraction of sp³-hybridized carbons (Fsp3) is 0.200. The number of rotatable bonds is 7. The van der Waals surface area contributed by atoms with Gasteiger partial charge < -0.3 is 10.1 Å². The van der Waals surface area contributed by atoms with Crippen molar-refractivity contribution in [3.63, 3.8) is 0 Å². The molecule has 0 radical (unpaired) electrons. The van der Waals surface area contributed by atoms with E-state index in [0.717, 1.165) is 29.3 Å². The highest BCUT2D eigenvalue weighted by Crippen LogP contribution is 2.33. The third-order valence-electron chi connectivity index (χ3n) is 4.83. The second-order valence-electron chi connectivity index (χ2n) is 8.96. The molecule has 3 rings (SSSR count). The highest BCUT2D eigenvalue weighted by molar-refractivity contribution is 7.90. The smallest absolute Gasteiger partial charge is 0.329 e. The molecule has 0 unspecified atom stereocenters. The van der Waals surface area contributed by atoms with E-state index in [1.165, 1.54) is 6.92 Å². The van der Waals surface area contributed by atoms with Gasteiger partial charge in [-0.1, -0.05) is 36.4 Å². The maximum atomic E-state index is 13.0. The molecule has 0 spiro atoms. The lowest BCUT2D eigenvalue weighted by Crippen LogP contribution is -2.48. The van der Waals surface area contributed by atoms with Crippen molar-refractivity contribution < 1.29 is 27.7 Å². The first-order valence-corrected chi connectivity index (χ1v) is 12.3. The molecule has 10 nitrogen and oxygen atoms in total. The number of nitro benzene ring substituents is 1. The van der Waals surface area contributed by atoms with Gasteiger partial charge in [0, 0.05) is 23.2 Å². The first kappa shape index (κ1) is 26.4. The number of sulfonamides is 1. The van der Waals surface area contributed by atoms with Crippen LogP contribution in [0.2, 0.25) is 0 Å². The summed E-state index contributed by atoms with van der Waals surface area (Å²) in [5.41, 5.74) is 0.886. The molecule has 36 heavy (non-hydrogen) atoms. The van der Waals surface area contributed by atoms with Gasteiger partial charge in [0.25, 0.3) is 15.7 Å². The van der Waals surface area contributed by atoms with Crippen molar-refractivity contribution in [2.75, 3.05) is 0 Å². The minimum Gasteiger partial charge on any atom is -0.456 e. The molecule has 0 bridgehead atoms. The lowest BCUT2D eigenvalue weighted by atomic mass is 10.0. The van der Waals surface area contributed by atoms with Crippen molar-refractivity contribution in [1.82, 2.24) is 10.0 Å². The average molecular weight is 512 g/mol. The molecular formula is C25H25N3O7S. The Morgan fingerprint density at radius 3 is 2.19 bits per heavy atom. The van der Waals surface area contributed by atoms with Gasteiger partial charge in [-0.25, -0.2) is 17.9 Å². The number of Topliss-reactive ketones (excluding diaryl/α,β-unsaturated/α-hetero) is 1. The molecule has 0 fully saturated rings. The third-order valence-corrected chi connectivity index (χ3v) is 6.18. The van der Waals surface area contributed by atoms with Gasteiger partial charge in [0.2, 0.25) is 0 Å². The van der Waals surface area contributed by atoms with E-state index in [2.05, 4.69) is 5.32 Å². The summed E-state index contributed by atoms with van der Waals surface area (Å²) >= 11 is 0. The van der Waals surface area contributed by atoms with E-state index in [9.17, 15) is 28.1 Å². The van der Waals surface area contributed by atoms with E-state index in [1.54, 1.807) is 63.2 Å². The van der Waals surface area contributed by atoms with Gasteiger partial charge in [-0.3, -0.25) is 14.9 Å². The fourth-order valence-electron chi connectivity index (χ4n) is 3.21. The minimum absolute atomic E-state index is 0.0599. The number of ketones is 1. The quantitative estimate of drug-likeness (QED) is 0.257. The monoisotopic (exact) mass is 511 g/mol. The molecule has 188 valence electrons. The maximum absolute atomic E-state index is 13.0. The number of ether oxygens (including phenoxy) is 1. The van der Waals surface area contributed by atoms with Crippen LogP contribution in [0.1, 0.15) is 38.1 Å². The first-order valence-electron chi connectivity index (χ1n) is 10.8. The summed E-state index contributed by atoms with van der Waals surface area (Å²) in [5, 5.41) is 13.7. The normalized spacial score (nSPS) is 11.4. The summed E-state index contributed by atoms with van der Waals surface area (Å²) < 4.78 is 33.6. The highest BCUT2D eigenvalue weighted by atomic mass is 32.2. The van der Waals surface area contributed by atoms with Gasteiger partial charge in [0.15, 0.2) is 5.78 Å². The first-order chi connectivity index (χ1) is 16.7. The molecule has 3 aromatic rings. The molecule has 0 saturated carbocycles. The Kier molecular flexibility index (Phi) is 7.44. The molecule has 0 aromatic heterocycles. The molecular weight excluding hydrogens is 486 g/mol. The number of carbonyl (C=O) groups excluding carboxylic acids is 2. The zero-order valence-electron chi connectivity index (χ0n) is 20.1. The largest absolute Gasteiger partial charge is 0.456 e. The lowest BCUT2D eigenvalue weighted by molar-refractivity contribution is -0.385. The Hall–Kier alpha value is -4.25. The number of amides is 2. The lowest BCUT2D eigenvalue weighted by Gasteiger charge is -2.21. The van der Waals surface area contributed by atoms with Crippen LogP contribution in [0.15, 0.2) is 71.6 Å². The van der Waals surface area contributed by atoms with Crippen molar-refractivity contribution in [3.8, 4) is 22.6 Å². The van der Waals surface area contributed by atoms with Crippen molar-refractivity contribution in [2.45, 2.75) is 38.1 Å². The number of benzene rings is 3. The molecule has 0 saturated heterocycles. The molecule has 3 aromatic carbocycles. The van der Waals surface area contributed by atoms with Crippen LogP contribution in [-0.4, -0.2) is 30.7 Å². The summed E-state index contributed by atoms with van der Waals surface area (Å²) in [4.78, 5) is 33.7. The van der Waals surface area contributed by atoms with Gasteiger partial charge in [-0.15, -0.1) is 0 Å². The molecule has 2 amide bonds. The summed E-state index contributed by atoms with van der Waals surface area (Å²) in [7, 11) is -4.54. The van der Waals surface area contributed by atoms with E-state index in [-0.39, 0.29) is 17.3 Å². The molecule has 2 N–H and O–H groups in total. The fourth-order valence-corrected chi connectivity index (χ4v) is 4.27. The van der Waals surface area contributed by atoms with Crippen LogP contribution in [0.5, 0.6) is 11.5 Å². The third kappa shape index (κ3) is 6.66. The molecule has 0 heterocycles. The Balaban J connectivity index is 1.97. The van der Waals surface area contributed by atoms with E-state index in [0.29, 0.717) is 5.56 Å². The van der Waals surface area contributed by atoms with Crippen LogP contribution in [0.25, 0.3) is 11.1 Å². The van der Waals surface area contributed by atoms with Gasteiger partial charge in [-0.2, -0.15) is 0 Å². The Bertz CT molecular complexity index is 1430. The molecule has 0 atom stereocenters. The van der Waals surface area contributed by atoms with E-state index in [4.69, 9.17) is 4.74 Å². The molecule has 0 aliphatic rings. The molecule has 0 aliphatic carbocycles. The maximum Gasteiger partial charge on any atom is 0.329 e. The number of nitrogens with one attached hydrogen (secondary N) is 2. The summed E-state index contributed by atoms with van der Waals surface area (Å²) in [6, 6.07) is 15.8. The van der Waals surface area contributed by atoms with Crippen LogP contribution in [0, 0.1) is 10.1 Å².